The zero-order valence-corrected chi connectivity index (χ0v) is 10.3. The normalized spacial score (nSPS) is 10.6. The Kier molecular flexibility index (Phi) is 2.85. The van der Waals surface area contributed by atoms with Gasteiger partial charge in [-0.05, 0) is 40.8 Å². The van der Waals surface area contributed by atoms with Crippen molar-refractivity contribution in [3.63, 3.8) is 0 Å². The lowest BCUT2D eigenvalue weighted by Crippen LogP contribution is -1.95. The quantitative estimate of drug-likeness (QED) is 0.686. The Balaban J connectivity index is 2.10. The van der Waals surface area contributed by atoms with E-state index >= 15 is 0 Å². The fourth-order valence-electron chi connectivity index (χ4n) is 1.69. The van der Waals surface area contributed by atoms with Crippen molar-refractivity contribution in [1.29, 1.82) is 0 Å². The SMILES string of the molecule is O=Cc1ccc(-c2cc(-n3cnnn3)ccc2Cl)o1. The van der Waals surface area contributed by atoms with Gasteiger partial charge in [0, 0.05) is 5.56 Å². The maximum absolute atomic E-state index is 10.6. The average Bonchev–Trinajstić information content (AvgIpc) is 3.10. The molecule has 3 rings (SSSR count). The molecule has 0 spiro atoms. The van der Waals surface area contributed by atoms with E-state index in [2.05, 4.69) is 15.5 Å². The third kappa shape index (κ3) is 2.13. The van der Waals surface area contributed by atoms with Crippen molar-refractivity contribution in [2.24, 2.45) is 0 Å². The molecule has 0 aliphatic rings. The largest absolute Gasteiger partial charge is 0.453 e. The number of aromatic nitrogens is 4. The van der Waals surface area contributed by atoms with Crippen LogP contribution < -0.4 is 0 Å². The van der Waals surface area contributed by atoms with Gasteiger partial charge in [0.05, 0.1) is 10.7 Å². The number of furan rings is 1. The summed E-state index contributed by atoms with van der Waals surface area (Å²) < 4.78 is 6.86. The summed E-state index contributed by atoms with van der Waals surface area (Å²) >= 11 is 6.14. The summed E-state index contributed by atoms with van der Waals surface area (Å²) in [6, 6.07) is 8.56. The molecule has 7 heteroatoms. The molecular weight excluding hydrogens is 268 g/mol. The van der Waals surface area contributed by atoms with Crippen molar-refractivity contribution in [1.82, 2.24) is 20.2 Å². The second-order valence-corrected chi connectivity index (χ2v) is 4.15. The number of carbonyl (C=O) groups excluding carboxylic acids is 1. The molecule has 0 fully saturated rings. The Morgan fingerprint density at radius 1 is 1.26 bits per heavy atom. The number of rotatable bonds is 3. The Labute approximate surface area is 112 Å². The number of benzene rings is 1. The number of nitrogens with zero attached hydrogens (tertiary/aromatic N) is 4. The Bertz CT molecular complexity index is 721. The van der Waals surface area contributed by atoms with E-state index in [-0.39, 0.29) is 5.76 Å². The lowest BCUT2D eigenvalue weighted by Gasteiger charge is -2.04. The number of hydrogen-bond acceptors (Lipinski definition) is 5. The molecule has 0 amide bonds. The van der Waals surface area contributed by atoms with Crippen molar-refractivity contribution >= 4 is 17.9 Å². The molecule has 2 aromatic heterocycles. The number of aldehydes is 1. The van der Waals surface area contributed by atoms with Gasteiger partial charge in [0.15, 0.2) is 12.0 Å². The van der Waals surface area contributed by atoms with Gasteiger partial charge in [-0.1, -0.05) is 11.6 Å². The first-order valence-corrected chi connectivity index (χ1v) is 5.74. The third-order valence-corrected chi connectivity index (χ3v) is 2.90. The van der Waals surface area contributed by atoms with E-state index in [4.69, 9.17) is 16.0 Å². The smallest absolute Gasteiger partial charge is 0.185 e. The molecule has 0 saturated carbocycles. The summed E-state index contributed by atoms with van der Waals surface area (Å²) in [6.45, 7) is 0. The molecule has 0 saturated heterocycles. The van der Waals surface area contributed by atoms with E-state index in [1.165, 1.54) is 11.0 Å². The molecule has 6 nitrogen and oxygen atoms in total. The minimum atomic E-state index is 0.249. The third-order valence-electron chi connectivity index (χ3n) is 2.57. The van der Waals surface area contributed by atoms with Crippen molar-refractivity contribution in [3.05, 3.63) is 47.4 Å². The highest BCUT2D eigenvalue weighted by Crippen LogP contribution is 2.30. The van der Waals surface area contributed by atoms with Crippen LogP contribution in [0.2, 0.25) is 5.02 Å². The Hall–Kier alpha value is -2.47. The summed E-state index contributed by atoms with van der Waals surface area (Å²) in [7, 11) is 0. The fraction of sp³-hybridized carbons (Fsp3) is 0. The van der Waals surface area contributed by atoms with Crippen LogP contribution in [-0.4, -0.2) is 26.5 Å². The van der Waals surface area contributed by atoms with Crippen molar-refractivity contribution in [3.8, 4) is 17.0 Å². The van der Waals surface area contributed by atoms with Crippen molar-refractivity contribution in [2.45, 2.75) is 0 Å². The molecule has 0 atom stereocenters. The van der Waals surface area contributed by atoms with Crippen LogP contribution in [0.1, 0.15) is 10.6 Å². The van der Waals surface area contributed by atoms with Crippen LogP contribution in [0.3, 0.4) is 0 Å². The molecule has 94 valence electrons. The second kappa shape index (κ2) is 4.66. The van der Waals surface area contributed by atoms with Crippen LogP contribution in [0, 0.1) is 0 Å². The monoisotopic (exact) mass is 274 g/mol. The second-order valence-electron chi connectivity index (χ2n) is 3.74. The molecule has 1 aromatic carbocycles. The summed E-state index contributed by atoms with van der Waals surface area (Å²) in [6.07, 6.45) is 2.12. The maximum Gasteiger partial charge on any atom is 0.185 e. The number of carbonyl (C=O) groups is 1. The first-order chi connectivity index (χ1) is 9.28. The minimum Gasteiger partial charge on any atom is -0.453 e. The van der Waals surface area contributed by atoms with E-state index in [9.17, 15) is 4.79 Å². The van der Waals surface area contributed by atoms with E-state index in [1.807, 2.05) is 0 Å². The topological polar surface area (TPSA) is 73.8 Å². The van der Waals surface area contributed by atoms with Gasteiger partial charge in [-0.15, -0.1) is 5.10 Å². The van der Waals surface area contributed by atoms with Gasteiger partial charge in [0.1, 0.15) is 12.1 Å². The van der Waals surface area contributed by atoms with Gasteiger partial charge in [0.2, 0.25) is 0 Å². The minimum absolute atomic E-state index is 0.249. The molecule has 0 unspecified atom stereocenters. The summed E-state index contributed by atoms with van der Waals surface area (Å²) in [5.41, 5.74) is 1.41. The first-order valence-electron chi connectivity index (χ1n) is 5.36. The molecule has 0 aliphatic heterocycles. The predicted molar refractivity (Wildman–Crippen MR) is 67.3 cm³/mol. The summed E-state index contributed by atoms with van der Waals surface area (Å²) in [5.74, 6) is 0.765. The van der Waals surface area contributed by atoms with Gasteiger partial charge >= 0.3 is 0 Å². The van der Waals surface area contributed by atoms with Crippen molar-refractivity contribution < 1.29 is 9.21 Å². The standard InChI is InChI=1S/C12H7ClN4O2/c13-11-3-1-8(17-7-14-15-16-17)5-10(11)12-4-2-9(6-18)19-12/h1-7H. The molecule has 0 N–H and O–H groups in total. The highest BCUT2D eigenvalue weighted by atomic mass is 35.5. The highest BCUT2D eigenvalue weighted by molar-refractivity contribution is 6.33. The Morgan fingerprint density at radius 3 is 2.84 bits per heavy atom. The molecular formula is C12H7ClN4O2. The lowest BCUT2D eigenvalue weighted by molar-refractivity contribution is 0.110. The Morgan fingerprint density at radius 2 is 2.16 bits per heavy atom. The molecule has 3 aromatic rings. The van der Waals surface area contributed by atoms with Crippen LogP contribution >= 0.6 is 11.6 Å². The predicted octanol–water partition coefficient (Wildman–Crippen LogP) is 2.39. The molecule has 0 radical (unpaired) electrons. The van der Waals surface area contributed by atoms with Crippen LogP contribution in [0.25, 0.3) is 17.0 Å². The number of hydrogen-bond donors (Lipinski definition) is 0. The van der Waals surface area contributed by atoms with Crippen LogP contribution in [0.15, 0.2) is 41.1 Å². The highest BCUT2D eigenvalue weighted by Gasteiger charge is 2.10. The van der Waals surface area contributed by atoms with Crippen molar-refractivity contribution in [2.75, 3.05) is 0 Å². The van der Waals surface area contributed by atoms with Crippen LogP contribution in [0.4, 0.5) is 0 Å². The molecule has 19 heavy (non-hydrogen) atoms. The van der Waals surface area contributed by atoms with E-state index in [0.29, 0.717) is 22.6 Å². The van der Waals surface area contributed by atoms with Crippen LogP contribution in [0.5, 0.6) is 0 Å². The number of tetrazole rings is 1. The zero-order chi connectivity index (χ0) is 13.2. The number of halogens is 1. The van der Waals surface area contributed by atoms with E-state index in [0.717, 1.165) is 5.69 Å². The van der Waals surface area contributed by atoms with Crippen LogP contribution in [-0.2, 0) is 0 Å². The molecule has 0 aliphatic carbocycles. The maximum atomic E-state index is 10.6. The lowest BCUT2D eigenvalue weighted by atomic mass is 10.1. The fourth-order valence-corrected chi connectivity index (χ4v) is 1.90. The molecule has 0 bridgehead atoms. The zero-order valence-electron chi connectivity index (χ0n) is 9.52. The van der Waals surface area contributed by atoms with Gasteiger partial charge in [-0.3, -0.25) is 4.79 Å². The first kappa shape index (κ1) is 11.6. The summed E-state index contributed by atoms with van der Waals surface area (Å²) in [5, 5.41) is 11.5. The van der Waals surface area contributed by atoms with E-state index in [1.54, 1.807) is 30.3 Å². The van der Waals surface area contributed by atoms with Gasteiger partial charge in [-0.25, -0.2) is 4.68 Å². The molecule has 2 heterocycles. The average molecular weight is 275 g/mol. The van der Waals surface area contributed by atoms with Gasteiger partial charge in [0.25, 0.3) is 0 Å². The summed E-state index contributed by atoms with van der Waals surface area (Å²) in [4.78, 5) is 10.6. The van der Waals surface area contributed by atoms with Gasteiger partial charge in [-0.2, -0.15) is 0 Å². The van der Waals surface area contributed by atoms with E-state index < -0.39 is 0 Å². The van der Waals surface area contributed by atoms with Gasteiger partial charge < -0.3 is 4.42 Å².